The molecule has 0 aliphatic carbocycles. The molecule has 26 heavy (non-hydrogen) atoms. The number of amides is 2. The van der Waals surface area contributed by atoms with E-state index in [4.69, 9.17) is 4.52 Å². The van der Waals surface area contributed by atoms with E-state index in [9.17, 15) is 9.59 Å². The van der Waals surface area contributed by atoms with Crippen LogP contribution in [0.5, 0.6) is 0 Å². The van der Waals surface area contributed by atoms with Crippen LogP contribution in [0, 0.1) is 6.92 Å². The Morgan fingerprint density at radius 3 is 2.73 bits per heavy atom. The van der Waals surface area contributed by atoms with Gasteiger partial charge in [0.25, 0.3) is 5.91 Å². The van der Waals surface area contributed by atoms with Crippen molar-refractivity contribution in [2.24, 2.45) is 0 Å². The summed E-state index contributed by atoms with van der Waals surface area (Å²) in [5.74, 6) is 1.13. The molecule has 2 aromatic heterocycles. The monoisotopic (exact) mass is 361 g/mol. The van der Waals surface area contributed by atoms with Gasteiger partial charge < -0.3 is 18.9 Å². The van der Waals surface area contributed by atoms with Gasteiger partial charge >= 0.3 is 0 Å². The average Bonchev–Trinajstić information content (AvgIpc) is 3.23. The van der Waals surface area contributed by atoms with Crippen molar-refractivity contribution in [3.63, 3.8) is 0 Å². The van der Waals surface area contributed by atoms with E-state index in [1.807, 2.05) is 24.5 Å². The van der Waals surface area contributed by atoms with E-state index in [-0.39, 0.29) is 5.91 Å². The van der Waals surface area contributed by atoms with E-state index in [1.54, 1.807) is 25.3 Å². The van der Waals surface area contributed by atoms with Crippen molar-refractivity contribution in [2.45, 2.75) is 46.1 Å². The van der Waals surface area contributed by atoms with Crippen LogP contribution in [-0.2, 0) is 17.8 Å². The molecule has 0 fully saturated rings. The summed E-state index contributed by atoms with van der Waals surface area (Å²) >= 11 is 0. The number of aromatic nitrogens is 3. The smallest absolute Gasteiger partial charge is 0.274 e. The first kappa shape index (κ1) is 19.7. The lowest BCUT2D eigenvalue weighted by atomic mass is 10.2. The van der Waals surface area contributed by atoms with Gasteiger partial charge in [-0.05, 0) is 26.2 Å². The van der Waals surface area contributed by atoms with Gasteiger partial charge in [0.1, 0.15) is 5.76 Å². The molecule has 0 saturated carbocycles. The first-order valence-electron chi connectivity index (χ1n) is 8.88. The Kier molecular flexibility index (Phi) is 6.94. The Morgan fingerprint density at radius 2 is 2.12 bits per heavy atom. The first-order chi connectivity index (χ1) is 12.5. The van der Waals surface area contributed by atoms with E-state index in [0.29, 0.717) is 31.0 Å². The van der Waals surface area contributed by atoms with Crippen molar-refractivity contribution in [3.05, 3.63) is 29.5 Å². The second-order valence-electron chi connectivity index (χ2n) is 6.44. The fraction of sp³-hybridized carbons (Fsp3) is 0.556. The second kappa shape index (κ2) is 9.17. The molecule has 0 bridgehead atoms. The van der Waals surface area contributed by atoms with E-state index >= 15 is 0 Å². The first-order valence-corrected chi connectivity index (χ1v) is 8.88. The molecule has 8 heteroatoms. The van der Waals surface area contributed by atoms with Crippen LogP contribution in [0.25, 0.3) is 0 Å². The molecular formula is C18H27N5O3. The number of hydrogen-bond donors (Lipinski definition) is 0. The third-order valence-electron chi connectivity index (χ3n) is 4.17. The maximum absolute atomic E-state index is 12.9. The van der Waals surface area contributed by atoms with E-state index in [2.05, 4.69) is 10.1 Å². The van der Waals surface area contributed by atoms with Gasteiger partial charge in [0.05, 0.1) is 12.0 Å². The van der Waals surface area contributed by atoms with E-state index in [0.717, 1.165) is 37.1 Å². The van der Waals surface area contributed by atoms with Gasteiger partial charge in [0.15, 0.2) is 11.5 Å². The highest BCUT2D eigenvalue weighted by Crippen LogP contribution is 2.19. The minimum Gasteiger partial charge on any atom is -0.361 e. The number of hydrogen-bond acceptors (Lipinski definition) is 5. The normalized spacial score (nSPS) is 10.8. The van der Waals surface area contributed by atoms with Crippen molar-refractivity contribution in [1.29, 1.82) is 0 Å². The van der Waals surface area contributed by atoms with Crippen LogP contribution in [0.2, 0.25) is 0 Å². The fourth-order valence-electron chi connectivity index (χ4n) is 2.77. The topological polar surface area (TPSA) is 84.5 Å². The Balaban J connectivity index is 1.97. The summed E-state index contributed by atoms with van der Waals surface area (Å²) in [5.41, 5.74) is 1.33. The molecule has 0 spiro atoms. The van der Waals surface area contributed by atoms with Crippen LogP contribution in [0.15, 0.2) is 16.9 Å². The largest absolute Gasteiger partial charge is 0.361 e. The molecule has 0 saturated heterocycles. The van der Waals surface area contributed by atoms with Crippen LogP contribution >= 0.6 is 0 Å². The molecule has 0 unspecified atom stereocenters. The number of nitrogens with zero attached hydrogens (tertiary/aromatic N) is 5. The lowest BCUT2D eigenvalue weighted by Gasteiger charge is -2.20. The molecule has 0 atom stereocenters. The number of anilines is 1. The van der Waals surface area contributed by atoms with Crippen LogP contribution in [-0.4, -0.2) is 52.6 Å². The van der Waals surface area contributed by atoms with Gasteiger partial charge in [-0.1, -0.05) is 12.1 Å². The Hall–Kier alpha value is -2.64. The van der Waals surface area contributed by atoms with Gasteiger partial charge in [-0.3, -0.25) is 9.59 Å². The zero-order chi connectivity index (χ0) is 19.1. The van der Waals surface area contributed by atoms with Gasteiger partial charge in [0, 0.05) is 39.7 Å². The fourth-order valence-corrected chi connectivity index (χ4v) is 2.77. The van der Waals surface area contributed by atoms with Crippen molar-refractivity contribution in [3.8, 4) is 0 Å². The van der Waals surface area contributed by atoms with Gasteiger partial charge in [0.2, 0.25) is 6.41 Å². The van der Waals surface area contributed by atoms with Crippen molar-refractivity contribution < 1.29 is 14.1 Å². The molecule has 0 aliphatic rings. The summed E-state index contributed by atoms with van der Waals surface area (Å²) < 4.78 is 7.01. The summed E-state index contributed by atoms with van der Waals surface area (Å²) in [5, 5.41) is 3.87. The van der Waals surface area contributed by atoms with E-state index < -0.39 is 0 Å². The molecule has 8 nitrogen and oxygen atoms in total. The number of aryl methyl sites for hydroxylation is 3. The van der Waals surface area contributed by atoms with Gasteiger partial charge in [-0.25, -0.2) is 4.98 Å². The number of carbonyl (C=O) groups excluding carboxylic acids is 2. The van der Waals surface area contributed by atoms with Crippen molar-refractivity contribution in [1.82, 2.24) is 19.6 Å². The highest BCUT2D eigenvalue weighted by Gasteiger charge is 2.23. The Labute approximate surface area is 153 Å². The molecule has 0 radical (unpaired) electrons. The van der Waals surface area contributed by atoms with Crippen molar-refractivity contribution >= 4 is 18.1 Å². The predicted octanol–water partition coefficient (Wildman–Crippen LogP) is 2.28. The number of rotatable bonds is 10. The summed E-state index contributed by atoms with van der Waals surface area (Å²) in [6, 6.07) is 1.93. The third kappa shape index (κ3) is 4.71. The summed E-state index contributed by atoms with van der Waals surface area (Å²) in [6.45, 7) is 5.23. The van der Waals surface area contributed by atoms with Crippen LogP contribution in [0.4, 0.5) is 5.82 Å². The Bertz CT molecular complexity index is 737. The summed E-state index contributed by atoms with van der Waals surface area (Å²) in [4.78, 5) is 31.3. The number of unbranched alkanes of at least 4 members (excludes halogenated alkanes) is 1. The minimum absolute atomic E-state index is 0.129. The lowest BCUT2D eigenvalue weighted by Crippen LogP contribution is -2.31. The lowest BCUT2D eigenvalue weighted by molar-refractivity contribution is -0.107. The van der Waals surface area contributed by atoms with Gasteiger partial charge in [-0.15, -0.1) is 0 Å². The van der Waals surface area contributed by atoms with Crippen LogP contribution in [0.1, 0.15) is 48.1 Å². The maximum atomic E-state index is 12.9. The number of imidazole rings is 1. The molecule has 0 aliphatic heterocycles. The average molecular weight is 361 g/mol. The molecule has 2 rings (SSSR count). The highest BCUT2D eigenvalue weighted by molar-refractivity contribution is 5.99. The maximum Gasteiger partial charge on any atom is 0.274 e. The second-order valence-corrected chi connectivity index (χ2v) is 6.44. The highest BCUT2D eigenvalue weighted by atomic mass is 16.5. The molecule has 2 heterocycles. The SMILES string of the molecule is CCCn1cnc(N(C)C=O)c1C(=O)N(C)CCCCc1cc(C)no1. The van der Waals surface area contributed by atoms with E-state index in [1.165, 1.54) is 4.90 Å². The number of carbonyl (C=O) groups is 2. The molecule has 0 N–H and O–H groups in total. The predicted molar refractivity (Wildman–Crippen MR) is 98.1 cm³/mol. The van der Waals surface area contributed by atoms with Crippen LogP contribution < -0.4 is 4.90 Å². The van der Waals surface area contributed by atoms with Crippen LogP contribution in [0.3, 0.4) is 0 Å². The molecular weight excluding hydrogens is 334 g/mol. The molecule has 0 aromatic carbocycles. The molecule has 142 valence electrons. The molecule has 2 aromatic rings. The summed E-state index contributed by atoms with van der Waals surface area (Å²) in [7, 11) is 3.37. The standard InChI is InChI=1S/C18H27N5O3/c1-5-9-23-12-19-17(22(4)13-24)16(23)18(25)21(3)10-7-6-8-15-11-14(2)20-26-15/h11-13H,5-10H2,1-4H3. The molecule has 2 amide bonds. The summed E-state index contributed by atoms with van der Waals surface area (Å²) in [6.07, 6.45) is 5.71. The zero-order valence-corrected chi connectivity index (χ0v) is 15.9. The zero-order valence-electron chi connectivity index (χ0n) is 15.9. The third-order valence-corrected chi connectivity index (χ3v) is 4.17. The Morgan fingerprint density at radius 1 is 1.35 bits per heavy atom. The minimum atomic E-state index is -0.129. The van der Waals surface area contributed by atoms with Crippen molar-refractivity contribution in [2.75, 3.05) is 25.5 Å². The quantitative estimate of drug-likeness (QED) is 0.479. The van der Waals surface area contributed by atoms with Gasteiger partial charge in [-0.2, -0.15) is 0 Å².